The molecule has 25 heavy (non-hydrogen) atoms. The maximum Gasteiger partial charge on any atom is 0.335 e. The first-order valence-electron chi connectivity index (χ1n) is 7.58. The van der Waals surface area contributed by atoms with Crippen LogP contribution in [-0.4, -0.2) is 16.1 Å². The molecule has 0 spiro atoms. The molecule has 0 bridgehead atoms. The summed E-state index contributed by atoms with van der Waals surface area (Å²) < 4.78 is 26.6. The molecular weight excluding hydrogens is 344 g/mol. The second-order valence-corrected chi connectivity index (χ2v) is 6.67. The number of benzene rings is 2. The first-order chi connectivity index (χ1) is 11.8. The van der Waals surface area contributed by atoms with Crippen LogP contribution in [0.5, 0.6) is 0 Å². The fraction of sp³-hybridized carbons (Fsp3) is 0.158. The number of carboxylic acid groups (broad SMARTS) is 1. The normalized spacial score (nSPS) is 11.5. The van der Waals surface area contributed by atoms with Gasteiger partial charge < -0.3 is 5.11 Å². The van der Waals surface area contributed by atoms with Gasteiger partial charge in [0.05, 0.1) is 5.56 Å². The van der Waals surface area contributed by atoms with E-state index in [2.05, 4.69) is 4.98 Å². The standard InChI is InChI=1S/C19H15F2NO2S/c1-19(20,21)15-6-2-12(3-7-15)10-13-4-5-14(18(23)24)11-16(13)17-22-8-9-25-17/h2-9,11H,10H2,1H3,(H,23,24). The molecule has 0 aliphatic heterocycles. The van der Waals surface area contributed by atoms with Gasteiger partial charge in [0.1, 0.15) is 5.01 Å². The Morgan fingerprint density at radius 2 is 1.92 bits per heavy atom. The first kappa shape index (κ1) is 17.2. The summed E-state index contributed by atoms with van der Waals surface area (Å²) in [4.78, 5) is 15.5. The third kappa shape index (κ3) is 3.91. The van der Waals surface area contributed by atoms with E-state index in [1.165, 1.54) is 23.5 Å². The summed E-state index contributed by atoms with van der Waals surface area (Å²) >= 11 is 1.42. The largest absolute Gasteiger partial charge is 0.478 e. The van der Waals surface area contributed by atoms with Gasteiger partial charge in [0.25, 0.3) is 5.92 Å². The number of thiazole rings is 1. The van der Waals surface area contributed by atoms with Crippen LogP contribution in [0.25, 0.3) is 10.6 Å². The van der Waals surface area contributed by atoms with E-state index in [1.807, 2.05) is 5.38 Å². The van der Waals surface area contributed by atoms with Crippen LogP contribution in [0.1, 0.15) is 34.0 Å². The van der Waals surface area contributed by atoms with Crippen molar-refractivity contribution in [1.29, 1.82) is 0 Å². The van der Waals surface area contributed by atoms with Crippen LogP contribution in [0.3, 0.4) is 0 Å². The van der Waals surface area contributed by atoms with Gasteiger partial charge in [0.2, 0.25) is 0 Å². The van der Waals surface area contributed by atoms with Crippen molar-refractivity contribution in [3.63, 3.8) is 0 Å². The van der Waals surface area contributed by atoms with Crippen LogP contribution in [0.2, 0.25) is 0 Å². The zero-order valence-electron chi connectivity index (χ0n) is 13.4. The highest BCUT2D eigenvalue weighted by Crippen LogP contribution is 2.30. The first-order valence-corrected chi connectivity index (χ1v) is 8.46. The van der Waals surface area contributed by atoms with Crippen LogP contribution < -0.4 is 0 Å². The van der Waals surface area contributed by atoms with Gasteiger partial charge in [-0.1, -0.05) is 30.3 Å². The molecule has 128 valence electrons. The molecule has 0 atom stereocenters. The highest BCUT2D eigenvalue weighted by Gasteiger charge is 2.23. The number of rotatable bonds is 5. The van der Waals surface area contributed by atoms with Crippen molar-refractivity contribution < 1.29 is 18.7 Å². The molecule has 0 aliphatic carbocycles. The van der Waals surface area contributed by atoms with Gasteiger partial charge in [-0.15, -0.1) is 11.3 Å². The van der Waals surface area contributed by atoms with Gasteiger partial charge in [0, 0.05) is 29.6 Å². The number of hydrogen-bond donors (Lipinski definition) is 1. The smallest absolute Gasteiger partial charge is 0.335 e. The number of carboxylic acids is 1. The van der Waals surface area contributed by atoms with Crippen LogP contribution in [0.4, 0.5) is 8.78 Å². The molecule has 1 heterocycles. The van der Waals surface area contributed by atoms with Gasteiger partial charge in [-0.25, -0.2) is 18.6 Å². The summed E-state index contributed by atoms with van der Waals surface area (Å²) in [5.74, 6) is -3.87. The lowest BCUT2D eigenvalue weighted by Gasteiger charge is -2.12. The van der Waals surface area contributed by atoms with Crippen LogP contribution in [0, 0.1) is 0 Å². The molecule has 0 unspecified atom stereocenters. The van der Waals surface area contributed by atoms with Crippen molar-refractivity contribution in [1.82, 2.24) is 4.98 Å². The lowest BCUT2D eigenvalue weighted by Crippen LogP contribution is -2.06. The van der Waals surface area contributed by atoms with E-state index in [9.17, 15) is 18.7 Å². The van der Waals surface area contributed by atoms with Crippen LogP contribution in [0.15, 0.2) is 54.0 Å². The zero-order chi connectivity index (χ0) is 18.0. The van der Waals surface area contributed by atoms with E-state index in [-0.39, 0.29) is 11.1 Å². The van der Waals surface area contributed by atoms with Gasteiger partial charge in [0.15, 0.2) is 0 Å². The molecule has 0 amide bonds. The number of alkyl halides is 2. The van der Waals surface area contributed by atoms with Gasteiger partial charge in [-0.3, -0.25) is 0 Å². The predicted octanol–water partition coefficient (Wildman–Crippen LogP) is 5.21. The Morgan fingerprint density at radius 1 is 1.20 bits per heavy atom. The maximum atomic E-state index is 13.3. The summed E-state index contributed by atoms with van der Waals surface area (Å²) in [5, 5.41) is 11.8. The highest BCUT2D eigenvalue weighted by molar-refractivity contribution is 7.13. The number of halogens is 2. The van der Waals surface area contributed by atoms with Crippen molar-refractivity contribution in [2.75, 3.05) is 0 Å². The minimum Gasteiger partial charge on any atom is -0.478 e. The Bertz CT molecular complexity index is 885. The summed E-state index contributed by atoms with van der Waals surface area (Å²) in [6.07, 6.45) is 2.17. The summed E-state index contributed by atoms with van der Waals surface area (Å²) in [5.41, 5.74) is 2.68. The topological polar surface area (TPSA) is 50.2 Å². The third-order valence-corrected chi connectivity index (χ3v) is 4.68. The quantitative estimate of drug-likeness (QED) is 0.680. The maximum absolute atomic E-state index is 13.3. The van der Waals surface area contributed by atoms with Crippen LogP contribution in [-0.2, 0) is 12.3 Å². The SMILES string of the molecule is CC(F)(F)c1ccc(Cc2ccc(C(=O)O)cc2-c2nccs2)cc1. The molecule has 3 rings (SSSR count). The summed E-state index contributed by atoms with van der Waals surface area (Å²) in [7, 11) is 0. The van der Waals surface area contributed by atoms with Crippen molar-refractivity contribution in [2.45, 2.75) is 19.3 Å². The lowest BCUT2D eigenvalue weighted by atomic mass is 9.96. The van der Waals surface area contributed by atoms with Crippen molar-refractivity contribution >= 4 is 17.3 Å². The van der Waals surface area contributed by atoms with E-state index < -0.39 is 11.9 Å². The van der Waals surface area contributed by atoms with E-state index in [1.54, 1.807) is 36.5 Å². The third-order valence-electron chi connectivity index (χ3n) is 3.87. The lowest BCUT2D eigenvalue weighted by molar-refractivity contribution is 0.0174. The van der Waals surface area contributed by atoms with Crippen LogP contribution >= 0.6 is 11.3 Å². The predicted molar refractivity (Wildman–Crippen MR) is 93.3 cm³/mol. The zero-order valence-corrected chi connectivity index (χ0v) is 14.2. The molecule has 6 heteroatoms. The van der Waals surface area contributed by atoms with E-state index in [4.69, 9.17) is 0 Å². The summed E-state index contributed by atoms with van der Waals surface area (Å²) in [6.45, 7) is 0.868. The molecule has 1 N–H and O–H groups in total. The minimum atomic E-state index is -2.87. The molecule has 0 fully saturated rings. The average molecular weight is 359 g/mol. The second-order valence-electron chi connectivity index (χ2n) is 5.78. The molecule has 0 saturated heterocycles. The summed E-state index contributed by atoms with van der Waals surface area (Å²) in [6, 6.07) is 11.1. The number of hydrogen-bond acceptors (Lipinski definition) is 3. The molecule has 0 saturated carbocycles. The average Bonchev–Trinajstić information content (AvgIpc) is 3.09. The molecular formula is C19H15F2NO2S. The van der Waals surface area contributed by atoms with E-state index in [0.717, 1.165) is 28.6 Å². The van der Waals surface area contributed by atoms with Crippen molar-refractivity contribution in [3.05, 3.63) is 76.3 Å². The van der Waals surface area contributed by atoms with E-state index >= 15 is 0 Å². The van der Waals surface area contributed by atoms with Gasteiger partial charge in [-0.05, 0) is 29.7 Å². The monoisotopic (exact) mass is 359 g/mol. The Hall–Kier alpha value is -2.60. The Labute approximate surface area is 147 Å². The number of aromatic carboxylic acids is 1. The van der Waals surface area contributed by atoms with Gasteiger partial charge in [-0.2, -0.15) is 0 Å². The minimum absolute atomic E-state index is 0.0300. The Kier molecular flexibility index (Phi) is 4.63. The van der Waals surface area contributed by atoms with Crippen molar-refractivity contribution in [3.8, 4) is 10.6 Å². The number of carbonyl (C=O) groups is 1. The molecule has 3 nitrogen and oxygen atoms in total. The molecule has 1 aromatic heterocycles. The Balaban J connectivity index is 1.96. The molecule has 2 aromatic carbocycles. The highest BCUT2D eigenvalue weighted by atomic mass is 32.1. The molecule has 0 radical (unpaired) electrons. The van der Waals surface area contributed by atoms with E-state index in [0.29, 0.717) is 6.42 Å². The second kappa shape index (κ2) is 6.72. The number of nitrogens with zero attached hydrogens (tertiary/aromatic N) is 1. The fourth-order valence-electron chi connectivity index (χ4n) is 2.55. The van der Waals surface area contributed by atoms with Gasteiger partial charge >= 0.3 is 5.97 Å². The fourth-order valence-corrected chi connectivity index (χ4v) is 3.24. The molecule has 3 aromatic rings. The number of aromatic nitrogens is 1. The Morgan fingerprint density at radius 3 is 2.48 bits per heavy atom. The molecule has 0 aliphatic rings. The van der Waals surface area contributed by atoms with Crippen molar-refractivity contribution in [2.24, 2.45) is 0 Å².